The fraction of sp³-hybridized carbons (Fsp3) is 0.304. The molecular formula is C23H21F3N2O5. The van der Waals surface area contributed by atoms with Crippen LogP contribution in [0.1, 0.15) is 52.5 Å². The lowest BCUT2D eigenvalue weighted by molar-refractivity contribution is -0.151. The summed E-state index contributed by atoms with van der Waals surface area (Å²) in [6.45, 7) is 1.08. The summed E-state index contributed by atoms with van der Waals surface area (Å²) in [4.78, 5) is 51.2. The number of unbranched alkanes of at least 4 members (excludes halogenated alkanes) is 1. The Labute approximate surface area is 187 Å². The second-order valence-corrected chi connectivity index (χ2v) is 7.42. The fourth-order valence-electron chi connectivity index (χ4n) is 3.44. The molecule has 2 aromatic rings. The van der Waals surface area contributed by atoms with Crippen molar-refractivity contribution in [1.29, 1.82) is 0 Å². The quantitative estimate of drug-likeness (QED) is 0.472. The molecule has 0 saturated heterocycles. The van der Waals surface area contributed by atoms with E-state index in [9.17, 15) is 32.3 Å². The molecule has 3 amide bonds. The summed E-state index contributed by atoms with van der Waals surface area (Å²) in [5.74, 6) is -3.06. The minimum Gasteiger partial charge on any atom is -0.454 e. The number of hydrogen-bond acceptors (Lipinski definition) is 5. The Bertz CT molecular complexity index is 1050. The van der Waals surface area contributed by atoms with Crippen molar-refractivity contribution in [2.75, 3.05) is 11.9 Å². The zero-order valence-corrected chi connectivity index (χ0v) is 17.6. The van der Waals surface area contributed by atoms with Crippen LogP contribution in [-0.4, -0.2) is 41.2 Å². The molecule has 1 heterocycles. The highest BCUT2D eigenvalue weighted by atomic mass is 19.4. The number of rotatable bonds is 8. The van der Waals surface area contributed by atoms with Gasteiger partial charge in [-0.2, -0.15) is 13.2 Å². The van der Waals surface area contributed by atoms with Crippen LogP contribution in [0, 0.1) is 0 Å². The maximum atomic E-state index is 12.8. The normalized spacial score (nSPS) is 14.1. The molecule has 0 aromatic heterocycles. The maximum Gasteiger partial charge on any atom is 0.416 e. The van der Waals surface area contributed by atoms with Gasteiger partial charge in [0.05, 0.1) is 16.7 Å². The van der Waals surface area contributed by atoms with E-state index in [0.717, 1.165) is 23.1 Å². The minimum absolute atomic E-state index is 0.117. The zero-order valence-electron chi connectivity index (χ0n) is 17.6. The summed E-state index contributed by atoms with van der Waals surface area (Å²) in [6, 6.07) is 8.96. The second kappa shape index (κ2) is 9.85. The van der Waals surface area contributed by atoms with Crippen molar-refractivity contribution in [3.05, 3.63) is 65.2 Å². The number of nitrogens with zero attached hydrogens (tertiary/aromatic N) is 1. The van der Waals surface area contributed by atoms with Gasteiger partial charge in [-0.3, -0.25) is 19.3 Å². The number of fused-ring (bicyclic) bond motifs is 1. The third kappa shape index (κ3) is 5.39. The number of nitrogens with one attached hydrogen (secondary N) is 1. The third-order valence-electron chi connectivity index (χ3n) is 5.06. The summed E-state index contributed by atoms with van der Waals surface area (Å²) < 4.78 is 43.5. The molecule has 3 rings (SSSR count). The van der Waals surface area contributed by atoms with Crippen LogP contribution in [0.15, 0.2) is 48.5 Å². The van der Waals surface area contributed by atoms with Gasteiger partial charge in [0.1, 0.15) is 6.04 Å². The lowest BCUT2D eigenvalue weighted by Gasteiger charge is -2.24. The molecule has 0 spiro atoms. The van der Waals surface area contributed by atoms with E-state index in [1.54, 1.807) is 12.1 Å². The molecule has 0 fully saturated rings. The number of carbonyl (C=O) groups is 4. The van der Waals surface area contributed by atoms with Crippen LogP contribution in [-0.2, 0) is 20.5 Å². The van der Waals surface area contributed by atoms with Gasteiger partial charge in [0.2, 0.25) is 0 Å². The zero-order chi connectivity index (χ0) is 24.2. The number of anilines is 1. The molecule has 1 N–H and O–H groups in total. The number of halogens is 3. The van der Waals surface area contributed by atoms with Gasteiger partial charge in [-0.05, 0) is 36.8 Å². The van der Waals surface area contributed by atoms with Crippen molar-refractivity contribution in [2.24, 2.45) is 0 Å². The number of hydrogen-bond donors (Lipinski definition) is 1. The third-order valence-corrected chi connectivity index (χ3v) is 5.06. The van der Waals surface area contributed by atoms with Crippen LogP contribution in [0.4, 0.5) is 18.9 Å². The topological polar surface area (TPSA) is 92.8 Å². The average molecular weight is 462 g/mol. The maximum absolute atomic E-state index is 12.8. The molecule has 2 aromatic carbocycles. The second-order valence-electron chi connectivity index (χ2n) is 7.42. The first-order valence-electron chi connectivity index (χ1n) is 10.2. The van der Waals surface area contributed by atoms with E-state index >= 15 is 0 Å². The monoisotopic (exact) mass is 462 g/mol. The summed E-state index contributed by atoms with van der Waals surface area (Å²) >= 11 is 0. The van der Waals surface area contributed by atoms with Crippen molar-refractivity contribution < 1.29 is 37.1 Å². The van der Waals surface area contributed by atoms with Gasteiger partial charge in [-0.1, -0.05) is 38.0 Å². The Morgan fingerprint density at radius 2 is 1.67 bits per heavy atom. The summed E-state index contributed by atoms with van der Waals surface area (Å²) in [6.07, 6.45) is -3.23. The van der Waals surface area contributed by atoms with Crippen LogP contribution in [0.2, 0.25) is 0 Å². The molecule has 7 nitrogen and oxygen atoms in total. The van der Waals surface area contributed by atoms with Crippen LogP contribution in [0.3, 0.4) is 0 Å². The number of benzene rings is 2. The molecular weight excluding hydrogens is 441 g/mol. The molecule has 33 heavy (non-hydrogen) atoms. The molecule has 10 heteroatoms. The molecule has 1 aliphatic heterocycles. The number of amides is 3. The minimum atomic E-state index is -4.58. The first kappa shape index (κ1) is 24.0. The van der Waals surface area contributed by atoms with Crippen molar-refractivity contribution in [1.82, 2.24) is 4.90 Å². The predicted octanol–water partition coefficient (Wildman–Crippen LogP) is 4.04. The van der Waals surface area contributed by atoms with Crippen LogP contribution >= 0.6 is 0 Å². The molecule has 174 valence electrons. The number of carbonyl (C=O) groups excluding carboxylic acids is 4. The smallest absolute Gasteiger partial charge is 0.416 e. The van der Waals surface area contributed by atoms with E-state index in [1.165, 1.54) is 18.2 Å². The lowest BCUT2D eigenvalue weighted by atomic mass is 10.1. The SMILES string of the molecule is CCCC[C@H](C(=O)OCC(=O)Nc1cccc(C(F)(F)F)c1)N1C(=O)c2ccccc2C1=O. The molecule has 0 radical (unpaired) electrons. The summed E-state index contributed by atoms with van der Waals surface area (Å²) in [5, 5.41) is 2.23. The molecule has 0 aliphatic carbocycles. The molecule has 0 bridgehead atoms. The number of esters is 1. The Balaban J connectivity index is 1.67. The van der Waals surface area contributed by atoms with Gasteiger partial charge < -0.3 is 10.1 Å². The van der Waals surface area contributed by atoms with E-state index in [-0.39, 0.29) is 23.2 Å². The van der Waals surface area contributed by atoms with E-state index in [0.29, 0.717) is 12.8 Å². The van der Waals surface area contributed by atoms with Gasteiger partial charge in [-0.25, -0.2) is 4.79 Å². The highest BCUT2D eigenvalue weighted by Gasteiger charge is 2.43. The Hall–Kier alpha value is -3.69. The Morgan fingerprint density at radius 3 is 2.24 bits per heavy atom. The number of alkyl halides is 3. The largest absolute Gasteiger partial charge is 0.454 e. The number of ether oxygens (including phenoxy) is 1. The van der Waals surface area contributed by atoms with E-state index in [1.807, 2.05) is 6.92 Å². The number of imide groups is 1. The van der Waals surface area contributed by atoms with Crippen molar-refractivity contribution >= 4 is 29.4 Å². The van der Waals surface area contributed by atoms with Crippen molar-refractivity contribution in [3.63, 3.8) is 0 Å². The molecule has 1 aliphatic rings. The Kier molecular flexibility index (Phi) is 7.15. The van der Waals surface area contributed by atoms with Gasteiger partial charge in [0.15, 0.2) is 6.61 Å². The van der Waals surface area contributed by atoms with Crippen molar-refractivity contribution in [2.45, 2.75) is 38.4 Å². The van der Waals surface area contributed by atoms with E-state index < -0.39 is 48.1 Å². The summed E-state index contributed by atoms with van der Waals surface area (Å²) in [7, 11) is 0. The van der Waals surface area contributed by atoms with Crippen LogP contribution in [0.5, 0.6) is 0 Å². The van der Waals surface area contributed by atoms with Crippen molar-refractivity contribution in [3.8, 4) is 0 Å². The highest BCUT2D eigenvalue weighted by Crippen LogP contribution is 2.31. The first-order valence-corrected chi connectivity index (χ1v) is 10.2. The van der Waals surface area contributed by atoms with Gasteiger partial charge in [0.25, 0.3) is 17.7 Å². The predicted molar refractivity (Wildman–Crippen MR) is 111 cm³/mol. The van der Waals surface area contributed by atoms with Gasteiger partial charge in [-0.15, -0.1) is 0 Å². The average Bonchev–Trinajstić information content (AvgIpc) is 3.03. The Morgan fingerprint density at radius 1 is 1.03 bits per heavy atom. The molecule has 0 unspecified atom stereocenters. The van der Waals surface area contributed by atoms with E-state index in [4.69, 9.17) is 4.74 Å². The highest BCUT2D eigenvalue weighted by molar-refractivity contribution is 6.22. The standard InChI is InChI=1S/C23H21F3N2O5/c1-2-3-11-18(28-20(30)16-9-4-5-10-17(16)21(28)31)22(32)33-13-19(29)27-15-8-6-7-14(12-15)23(24,25)26/h4-10,12,18H,2-3,11,13H2,1H3,(H,27,29)/t18-/m1/s1. The summed E-state index contributed by atoms with van der Waals surface area (Å²) in [5.41, 5.74) is -0.700. The molecule has 1 atom stereocenters. The van der Waals surface area contributed by atoms with Gasteiger partial charge >= 0.3 is 12.1 Å². The van der Waals surface area contributed by atoms with Crippen LogP contribution < -0.4 is 5.32 Å². The molecule has 0 saturated carbocycles. The fourth-order valence-corrected chi connectivity index (χ4v) is 3.44. The van der Waals surface area contributed by atoms with Crippen LogP contribution in [0.25, 0.3) is 0 Å². The van der Waals surface area contributed by atoms with Gasteiger partial charge in [0, 0.05) is 5.69 Å². The van der Waals surface area contributed by atoms with E-state index in [2.05, 4.69) is 5.32 Å². The first-order chi connectivity index (χ1) is 15.6. The lowest BCUT2D eigenvalue weighted by Crippen LogP contribution is -2.46.